The molecule has 120 heavy (non-hydrogen) atoms. The van der Waals surface area contributed by atoms with E-state index in [0.29, 0.717) is 234 Å². The maximum atomic E-state index is 12.9. The first kappa shape index (κ1) is 110. The molecule has 0 saturated carbocycles. The summed E-state index contributed by atoms with van der Waals surface area (Å²) < 4.78 is 128. The van der Waals surface area contributed by atoms with Crippen LogP contribution in [-0.2, 0) is 118 Å². The van der Waals surface area contributed by atoms with Crippen LogP contribution in [0.5, 0.6) is 0 Å². The number of anilines is 2. The molecule has 0 amide bonds. The van der Waals surface area contributed by atoms with Crippen molar-refractivity contribution >= 4 is 61.9 Å². The van der Waals surface area contributed by atoms with Crippen molar-refractivity contribution in [2.45, 2.75) is 167 Å². The van der Waals surface area contributed by atoms with Crippen LogP contribution < -0.4 is 8.55 Å². The number of allylic oxidation sites excluding steroid dienone is 8. The monoisotopic (exact) mass is 1770 g/mol. The minimum absolute atomic E-state index is 0.0565. The van der Waals surface area contributed by atoms with Gasteiger partial charge in [-0.3, -0.25) is 19.2 Å². The van der Waals surface area contributed by atoms with Crippen molar-refractivity contribution in [3.8, 4) is 0 Å². The second-order valence-electron chi connectivity index (χ2n) is 27.2. The van der Waals surface area contributed by atoms with Gasteiger partial charge in [0.15, 0.2) is 0 Å². The van der Waals surface area contributed by atoms with Crippen LogP contribution in [0.15, 0.2) is 97.1 Å². The molecule has 0 aliphatic carbocycles. The van der Waals surface area contributed by atoms with Gasteiger partial charge in [-0.1, -0.05) is 100.0 Å². The molecule has 0 heterocycles. The van der Waals surface area contributed by atoms with Crippen molar-refractivity contribution in [1.29, 1.82) is 0 Å². The summed E-state index contributed by atoms with van der Waals surface area (Å²) in [6.45, 7) is 13.1. The van der Waals surface area contributed by atoms with E-state index in [4.69, 9.17) is 105 Å². The van der Waals surface area contributed by atoms with Crippen LogP contribution in [0, 0.1) is 0 Å². The molecular weight excluding hydrogens is 1620 g/mol. The van der Waals surface area contributed by atoms with Crippen molar-refractivity contribution in [2.24, 2.45) is 0 Å². The number of carbonyl (C=O) groups is 6. The summed E-state index contributed by atoms with van der Waals surface area (Å²) in [5.41, 5.74) is 1.75. The van der Waals surface area contributed by atoms with Gasteiger partial charge in [0.25, 0.3) is 0 Å². The number of rotatable bonds is 92. The van der Waals surface area contributed by atoms with Gasteiger partial charge >= 0.3 is 215 Å². The van der Waals surface area contributed by atoms with E-state index in [1.165, 1.54) is 0 Å². The van der Waals surface area contributed by atoms with E-state index >= 15 is 0 Å². The molecule has 2 aromatic carbocycles. The molecule has 2 aromatic rings. The quantitative estimate of drug-likeness (QED) is 0.0157. The molecule has 0 aliphatic heterocycles. The number of benzene rings is 2. The molecule has 2 rings (SSSR count). The van der Waals surface area contributed by atoms with Crippen molar-refractivity contribution < 1.29 is 137 Å². The zero-order valence-electron chi connectivity index (χ0n) is 71.5. The minimum atomic E-state index is -3.27. The van der Waals surface area contributed by atoms with E-state index in [2.05, 4.69) is 57.2 Å². The third kappa shape index (κ3) is 78.8. The van der Waals surface area contributed by atoms with Gasteiger partial charge in [-0.2, -0.15) is 0 Å². The number of carboxylic acid groups (broad SMARTS) is 2. The molecule has 31 nitrogen and oxygen atoms in total. The Labute approximate surface area is 717 Å². The average molecular weight is 1770 g/mol. The molecule has 4 N–H and O–H groups in total. The van der Waals surface area contributed by atoms with Gasteiger partial charge in [-0.15, -0.1) is 0 Å². The number of esters is 4. The summed E-state index contributed by atoms with van der Waals surface area (Å²) in [7, 11) is 0. The summed E-state index contributed by atoms with van der Waals surface area (Å²) in [5.74, 6) is -2.86. The summed E-state index contributed by atoms with van der Waals surface area (Å²) in [5, 5.41) is 17.3. The van der Waals surface area contributed by atoms with Crippen molar-refractivity contribution in [1.82, 2.24) is 0 Å². The molecule has 0 spiro atoms. The number of carbonyl (C=O) groups excluding carboxylic acids is 4. The van der Waals surface area contributed by atoms with E-state index in [0.717, 1.165) is 141 Å². The molecule has 32 heteroatoms. The van der Waals surface area contributed by atoms with Crippen LogP contribution in [0.3, 0.4) is 0 Å². The van der Waals surface area contributed by atoms with E-state index in [-0.39, 0.29) is 64.4 Å². The number of unbranched alkanes of at least 4 members (excludes halogenated alkanes) is 16. The number of hydrogen-bond acceptors (Lipinski definition) is 27. The Hall–Kier alpha value is -6.48. The normalized spacial score (nSPS) is 11.6. The second-order valence-corrected chi connectivity index (χ2v) is 29.6. The molecular formula is C88H144GeN2O29. The predicted octanol–water partition coefficient (Wildman–Crippen LogP) is 12.8. The Morgan fingerprint density at radius 3 is 0.667 bits per heavy atom. The predicted molar refractivity (Wildman–Crippen MR) is 454 cm³/mol. The topological polar surface area (TPSA) is 369 Å². The van der Waals surface area contributed by atoms with Crippen molar-refractivity contribution in [3.63, 3.8) is 0 Å². The van der Waals surface area contributed by atoms with E-state index in [1.54, 1.807) is 48.5 Å². The SMILES string of the molecule is O=C(O)CCCCCCC/C=C\C/C=C\CCCCCC(=O)OCCOCCOCCOCCOCCOCCOCCOCCOCCOC(=O)c1ccc([NH][Ge](=[O])[NH]c2ccc(C(=O)OCCOCCOCCOCCOCCOCCOCCOCCOCCOC(=O)CCCCC/C=C\C/C=C\CCCCCCCC(=O)O)cc2)cc1. The van der Waals surface area contributed by atoms with Crippen LogP contribution in [0.4, 0.5) is 11.4 Å². The van der Waals surface area contributed by atoms with Gasteiger partial charge in [0.05, 0.1) is 172 Å². The molecule has 0 aromatic heterocycles. The Bertz CT molecular complexity index is 2690. The Morgan fingerprint density at radius 1 is 0.242 bits per heavy atom. The van der Waals surface area contributed by atoms with Gasteiger partial charge in [-0.25, -0.2) is 0 Å². The zero-order valence-corrected chi connectivity index (χ0v) is 73.6. The van der Waals surface area contributed by atoms with Crippen LogP contribution in [0.1, 0.15) is 188 Å². The Kier molecular flexibility index (Phi) is 79.8. The number of ether oxygens (including phenoxy) is 20. The van der Waals surface area contributed by atoms with E-state index in [1.807, 2.05) is 0 Å². The first-order chi connectivity index (χ1) is 59.0. The van der Waals surface area contributed by atoms with E-state index in [9.17, 15) is 32.5 Å². The average Bonchev–Trinajstić information content (AvgIpc) is 0.869. The van der Waals surface area contributed by atoms with Crippen LogP contribution >= 0.6 is 0 Å². The summed E-state index contributed by atoms with van der Waals surface area (Å²) in [6.07, 6.45) is 40.9. The van der Waals surface area contributed by atoms with Gasteiger partial charge in [0.2, 0.25) is 0 Å². The van der Waals surface area contributed by atoms with Crippen LogP contribution in [0.2, 0.25) is 0 Å². The molecule has 0 radical (unpaired) electrons. The van der Waals surface area contributed by atoms with Gasteiger partial charge in [0, 0.05) is 25.7 Å². The van der Waals surface area contributed by atoms with Gasteiger partial charge < -0.3 is 86.0 Å². The Balaban J connectivity index is 1.25. The molecule has 0 fully saturated rings. The summed E-state index contributed by atoms with van der Waals surface area (Å²) in [6, 6.07) is 12.8. The number of hydrogen-bond donors (Lipinski definition) is 4. The van der Waals surface area contributed by atoms with Crippen molar-refractivity contribution in [3.05, 3.63) is 108 Å². The molecule has 0 saturated heterocycles. The summed E-state index contributed by atoms with van der Waals surface area (Å²) >= 11 is -3.27. The molecule has 0 atom stereocenters. The standard InChI is InChI=1S/C88H144GeN2O29/c92-83(93)31-27-23-19-15-11-7-3-1-5-9-13-17-21-25-29-33-85(96)117-75-71-113-67-63-109-59-55-105-51-47-101-43-45-103-49-53-107-57-61-111-65-69-115-73-77-119-87(98)79-35-39-81(40-36-79)90-89(100)91-82-41-37-80(38-42-82)88(99)120-78-74-116-70-66-112-62-58-108-54-50-104-46-44-102-48-52-106-56-60-110-64-68-114-72-76-118-86(97)34-30-26-22-18-14-10-6-2-4-8-12-16-20-24-28-32-84(94)95/h1-4,9-10,13-14,35-42,90-91H,5-8,11-12,15-34,43-78H2,(H,92,93)(H,94,95)/b3-1-,4-2-,13-9-,14-10-. The number of aliphatic carboxylic acids is 2. The van der Waals surface area contributed by atoms with E-state index < -0.39 is 38.6 Å². The molecule has 0 unspecified atom stereocenters. The zero-order chi connectivity index (χ0) is 86.1. The molecule has 0 aliphatic rings. The number of nitrogens with one attached hydrogen (secondary N) is 2. The summed E-state index contributed by atoms with van der Waals surface area (Å²) in [4.78, 5) is 70.2. The van der Waals surface area contributed by atoms with Gasteiger partial charge in [-0.05, 0) is 89.9 Å². The fourth-order valence-corrected chi connectivity index (χ4v) is 12.6. The number of carboxylic acids is 2. The molecule has 0 bridgehead atoms. The van der Waals surface area contributed by atoms with Crippen LogP contribution in [-0.4, -0.2) is 299 Å². The first-order valence-corrected chi connectivity index (χ1v) is 46.2. The van der Waals surface area contributed by atoms with Gasteiger partial charge in [0.1, 0.15) is 13.2 Å². The second kappa shape index (κ2) is 87.4. The molecule has 684 valence electrons. The third-order valence-corrected chi connectivity index (χ3v) is 19.3. The Morgan fingerprint density at radius 2 is 0.433 bits per heavy atom. The first-order valence-electron chi connectivity index (χ1n) is 43.2. The third-order valence-electron chi connectivity index (χ3n) is 17.1. The fourth-order valence-electron chi connectivity index (χ4n) is 10.6. The van der Waals surface area contributed by atoms with Crippen molar-refractivity contribution in [2.75, 3.05) is 246 Å². The van der Waals surface area contributed by atoms with Crippen LogP contribution in [0.25, 0.3) is 0 Å². The fraction of sp³-hybridized carbons (Fsp3) is 0.705. The maximum absolute atomic E-state index is 12.9.